The Hall–Kier alpha value is -2.40. The molecule has 1 atom stereocenters. The van der Waals surface area contributed by atoms with Crippen molar-refractivity contribution in [2.45, 2.75) is 59.4 Å². The first-order valence-corrected chi connectivity index (χ1v) is 10.5. The molecule has 5 nitrogen and oxygen atoms in total. The lowest BCUT2D eigenvalue weighted by Crippen LogP contribution is -2.13. The lowest BCUT2D eigenvalue weighted by molar-refractivity contribution is 0.155. The zero-order valence-electron chi connectivity index (χ0n) is 18.7. The van der Waals surface area contributed by atoms with Gasteiger partial charge in [-0.1, -0.05) is 27.7 Å². The number of ether oxygens (including phenoxy) is 2. The molecule has 3 aromatic rings. The highest BCUT2D eigenvalue weighted by atomic mass is 16.5. The van der Waals surface area contributed by atoms with Gasteiger partial charge in [0.1, 0.15) is 0 Å². The van der Waals surface area contributed by atoms with Crippen molar-refractivity contribution < 1.29 is 9.47 Å². The summed E-state index contributed by atoms with van der Waals surface area (Å²) in [7, 11) is 3.44. The minimum atomic E-state index is 0.301. The second-order valence-corrected chi connectivity index (χ2v) is 7.90. The molecule has 3 heterocycles. The van der Waals surface area contributed by atoms with Crippen molar-refractivity contribution in [1.29, 1.82) is 0 Å². The Kier molecular flexibility index (Phi) is 6.58. The summed E-state index contributed by atoms with van der Waals surface area (Å²) >= 11 is 0. The normalized spacial score (nSPS) is 12.7. The van der Waals surface area contributed by atoms with Crippen molar-refractivity contribution in [3.8, 4) is 17.1 Å². The van der Waals surface area contributed by atoms with E-state index >= 15 is 0 Å². The molecule has 0 amide bonds. The summed E-state index contributed by atoms with van der Waals surface area (Å²) in [6.45, 7) is 11.5. The fraction of sp³-hybridized carbons (Fsp3) is 0.500. The maximum absolute atomic E-state index is 5.65. The van der Waals surface area contributed by atoms with Crippen LogP contribution in [0.15, 0.2) is 24.4 Å². The minimum absolute atomic E-state index is 0.301. The molecule has 0 N–H and O–H groups in total. The standard InChI is InChI=1S/C24H33N3O2/c1-8-17-12-21-22(16(5)13-27(21)18(9-2)14-28-6)26-23(17)19-10-11-20(15(3)4)25-24(19)29-7/h10-13,15,18H,8-9,14H2,1-7H3/t18-/m0/s1. The molecule has 0 aliphatic rings. The van der Waals surface area contributed by atoms with E-state index in [1.807, 2.05) is 0 Å². The van der Waals surface area contributed by atoms with Gasteiger partial charge in [0.05, 0.1) is 42.0 Å². The maximum Gasteiger partial charge on any atom is 0.222 e. The monoisotopic (exact) mass is 395 g/mol. The topological polar surface area (TPSA) is 49.2 Å². The summed E-state index contributed by atoms with van der Waals surface area (Å²) in [4.78, 5) is 9.85. The lowest BCUT2D eigenvalue weighted by Gasteiger charge is -2.18. The Balaban J connectivity index is 2.21. The molecule has 0 spiro atoms. The third kappa shape index (κ3) is 4.01. The summed E-state index contributed by atoms with van der Waals surface area (Å²) in [5.41, 5.74) is 7.50. The number of aromatic nitrogens is 3. The van der Waals surface area contributed by atoms with Crippen molar-refractivity contribution in [3.63, 3.8) is 0 Å². The number of rotatable bonds is 8. The molecule has 0 radical (unpaired) electrons. The van der Waals surface area contributed by atoms with Gasteiger partial charge in [0, 0.05) is 19.0 Å². The van der Waals surface area contributed by atoms with Crippen molar-refractivity contribution in [2.75, 3.05) is 20.8 Å². The van der Waals surface area contributed by atoms with Crippen LogP contribution in [0.4, 0.5) is 0 Å². The molecule has 0 aromatic carbocycles. The van der Waals surface area contributed by atoms with Crippen molar-refractivity contribution in [1.82, 2.24) is 14.5 Å². The van der Waals surface area contributed by atoms with Crippen LogP contribution >= 0.6 is 0 Å². The Morgan fingerprint density at radius 3 is 2.45 bits per heavy atom. The summed E-state index contributed by atoms with van der Waals surface area (Å²) < 4.78 is 13.4. The molecular formula is C24H33N3O2. The molecule has 0 unspecified atom stereocenters. The van der Waals surface area contributed by atoms with E-state index in [9.17, 15) is 0 Å². The largest absolute Gasteiger partial charge is 0.480 e. The van der Waals surface area contributed by atoms with Crippen LogP contribution in [-0.2, 0) is 11.2 Å². The molecule has 0 aliphatic carbocycles. The lowest BCUT2D eigenvalue weighted by atomic mass is 10.0. The van der Waals surface area contributed by atoms with Crippen LogP contribution in [0.2, 0.25) is 0 Å². The molecule has 0 fully saturated rings. The Labute approximate surface area is 174 Å². The zero-order valence-corrected chi connectivity index (χ0v) is 18.7. The second-order valence-electron chi connectivity index (χ2n) is 7.90. The van der Waals surface area contributed by atoms with Crippen LogP contribution < -0.4 is 4.74 Å². The van der Waals surface area contributed by atoms with Gasteiger partial charge in [0.2, 0.25) is 5.88 Å². The van der Waals surface area contributed by atoms with E-state index < -0.39 is 0 Å². The van der Waals surface area contributed by atoms with E-state index in [-0.39, 0.29) is 0 Å². The van der Waals surface area contributed by atoms with E-state index in [0.29, 0.717) is 24.4 Å². The van der Waals surface area contributed by atoms with Crippen molar-refractivity contribution in [2.24, 2.45) is 0 Å². The Bertz CT molecular complexity index is 991. The predicted molar refractivity (Wildman–Crippen MR) is 119 cm³/mol. The number of nitrogens with zero attached hydrogens (tertiary/aromatic N) is 3. The van der Waals surface area contributed by atoms with E-state index in [2.05, 4.69) is 63.6 Å². The molecule has 29 heavy (non-hydrogen) atoms. The predicted octanol–water partition coefficient (Wildman–Crippen LogP) is 5.70. The summed E-state index contributed by atoms with van der Waals surface area (Å²) in [5, 5.41) is 0. The van der Waals surface area contributed by atoms with Gasteiger partial charge in [-0.3, -0.25) is 0 Å². The molecule has 0 saturated heterocycles. The molecule has 0 aliphatic heterocycles. The van der Waals surface area contributed by atoms with Gasteiger partial charge in [-0.25, -0.2) is 9.97 Å². The Morgan fingerprint density at radius 2 is 1.86 bits per heavy atom. The van der Waals surface area contributed by atoms with Crippen molar-refractivity contribution >= 4 is 11.0 Å². The van der Waals surface area contributed by atoms with Crippen LogP contribution in [0.25, 0.3) is 22.3 Å². The average Bonchev–Trinajstić information content (AvgIpc) is 3.05. The first kappa shape index (κ1) is 21.3. The second kappa shape index (κ2) is 8.95. The third-order valence-corrected chi connectivity index (χ3v) is 5.59. The number of hydrogen-bond donors (Lipinski definition) is 0. The van der Waals surface area contributed by atoms with E-state index in [1.165, 1.54) is 11.1 Å². The van der Waals surface area contributed by atoms with E-state index in [4.69, 9.17) is 19.4 Å². The van der Waals surface area contributed by atoms with Gasteiger partial charge in [0.25, 0.3) is 0 Å². The smallest absolute Gasteiger partial charge is 0.222 e. The van der Waals surface area contributed by atoms with Gasteiger partial charge in [-0.15, -0.1) is 0 Å². The van der Waals surface area contributed by atoms with E-state index in [0.717, 1.165) is 40.8 Å². The fourth-order valence-corrected chi connectivity index (χ4v) is 3.87. The highest BCUT2D eigenvalue weighted by molar-refractivity contribution is 5.85. The first-order chi connectivity index (χ1) is 13.9. The maximum atomic E-state index is 5.65. The number of fused-ring (bicyclic) bond motifs is 1. The van der Waals surface area contributed by atoms with Crippen LogP contribution in [0.1, 0.15) is 62.9 Å². The third-order valence-electron chi connectivity index (χ3n) is 5.59. The molecule has 0 saturated carbocycles. The van der Waals surface area contributed by atoms with Crippen LogP contribution in [0.3, 0.4) is 0 Å². The number of methoxy groups -OCH3 is 2. The summed E-state index contributed by atoms with van der Waals surface area (Å²) in [6.07, 6.45) is 4.10. The van der Waals surface area contributed by atoms with Crippen LogP contribution in [0.5, 0.6) is 5.88 Å². The van der Waals surface area contributed by atoms with Gasteiger partial charge >= 0.3 is 0 Å². The molecule has 0 bridgehead atoms. The van der Waals surface area contributed by atoms with Crippen molar-refractivity contribution in [3.05, 3.63) is 41.2 Å². The van der Waals surface area contributed by atoms with Crippen LogP contribution in [-0.4, -0.2) is 35.4 Å². The number of pyridine rings is 2. The average molecular weight is 396 g/mol. The quantitative estimate of drug-likeness (QED) is 0.491. The van der Waals surface area contributed by atoms with E-state index in [1.54, 1.807) is 14.2 Å². The molecular weight excluding hydrogens is 362 g/mol. The van der Waals surface area contributed by atoms with Gasteiger partial charge in [-0.05, 0) is 55.0 Å². The molecule has 5 heteroatoms. The molecule has 3 rings (SSSR count). The fourth-order valence-electron chi connectivity index (χ4n) is 3.87. The number of aryl methyl sites for hydroxylation is 2. The highest BCUT2D eigenvalue weighted by Gasteiger charge is 2.20. The first-order valence-electron chi connectivity index (χ1n) is 10.5. The SMILES string of the molecule is CCc1cc2c(nc1-c1ccc(C(C)C)nc1OC)c(C)cn2[C@@H](CC)COC. The number of hydrogen-bond acceptors (Lipinski definition) is 4. The van der Waals surface area contributed by atoms with Gasteiger partial charge in [0.15, 0.2) is 0 Å². The van der Waals surface area contributed by atoms with Gasteiger partial charge in [-0.2, -0.15) is 0 Å². The summed E-state index contributed by atoms with van der Waals surface area (Å²) in [6, 6.07) is 6.76. The molecule has 3 aromatic heterocycles. The van der Waals surface area contributed by atoms with Gasteiger partial charge < -0.3 is 14.0 Å². The Morgan fingerprint density at radius 1 is 1.10 bits per heavy atom. The molecule has 156 valence electrons. The summed E-state index contributed by atoms with van der Waals surface area (Å²) in [5.74, 6) is 0.989. The highest BCUT2D eigenvalue weighted by Crippen LogP contribution is 2.35. The van der Waals surface area contributed by atoms with Crippen LogP contribution in [0, 0.1) is 6.92 Å². The minimum Gasteiger partial charge on any atom is -0.480 e. The zero-order chi connectivity index (χ0) is 21.1.